The maximum atomic E-state index is 5.81. The quantitative estimate of drug-likeness (QED) is 0.272. The molecule has 5 rings (SSSR count). The molecular weight excluding hydrogens is 432 g/mol. The van der Waals surface area contributed by atoms with E-state index in [4.69, 9.17) is 14.5 Å². The zero-order valence-corrected chi connectivity index (χ0v) is 20.8. The van der Waals surface area contributed by atoms with Crippen LogP contribution in [0.15, 0.2) is 77.8 Å². The number of nitrogens with zero attached hydrogens (tertiary/aromatic N) is 1. The minimum atomic E-state index is 0.299. The van der Waals surface area contributed by atoms with Gasteiger partial charge in [0.15, 0.2) is 11.5 Å². The molecule has 0 aromatic heterocycles. The molecule has 0 saturated heterocycles. The Balaban J connectivity index is 1.32. The van der Waals surface area contributed by atoms with Gasteiger partial charge in [-0.05, 0) is 85.7 Å². The molecule has 1 aliphatic carbocycles. The lowest BCUT2D eigenvalue weighted by atomic mass is 9.76. The number of hydrogen-bond donors (Lipinski definition) is 1. The van der Waals surface area contributed by atoms with Crippen molar-refractivity contribution in [1.82, 2.24) is 0 Å². The summed E-state index contributed by atoms with van der Waals surface area (Å²) in [6.07, 6.45) is 8.69. The van der Waals surface area contributed by atoms with Crippen LogP contribution in [0.4, 0.5) is 11.4 Å². The summed E-state index contributed by atoms with van der Waals surface area (Å²) >= 11 is 0. The van der Waals surface area contributed by atoms with Gasteiger partial charge in [0.2, 0.25) is 0 Å². The highest BCUT2D eigenvalue weighted by Crippen LogP contribution is 2.50. The van der Waals surface area contributed by atoms with E-state index in [0.29, 0.717) is 31.1 Å². The van der Waals surface area contributed by atoms with E-state index in [2.05, 4.69) is 73.8 Å². The van der Waals surface area contributed by atoms with Crippen molar-refractivity contribution < 1.29 is 9.47 Å². The average molecular weight is 467 g/mol. The predicted octanol–water partition coefficient (Wildman–Crippen LogP) is 7.76. The van der Waals surface area contributed by atoms with Gasteiger partial charge in [0.25, 0.3) is 0 Å². The normalized spacial score (nSPS) is 20.4. The number of aliphatic imine (C=N–C) groups is 1. The van der Waals surface area contributed by atoms with Crippen LogP contribution >= 0.6 is 0 Å². The van der Waals surface area contributed by atoms with Crippen LogP contribution in [-0.4, -0.2) is 19.4 Å². The summed E-state index contributed by atoms with van der Waals surface area (Å²) in [7, 11) is 0. The van der Waals surface area contributed by atoms with Gasteiger partial charge in [-0.15, -0.1) is 0 Å². The topological polar surface area (TPSA) is 42.8 Å². The summed E-state index contributed by atoms with van der Waals surface area (Å²) in [6, 6.07) is 21.7. The number of fused-ring (bicyclic) bond motifs is 3. The lowest BCUT2D eigenvalue weighted by molar-refractivity contribution is 0.277. The first-order chi connectivity index (χ1) is 17.2. The summed E-state index contributed by atoms with van der Waals surface area (Å²) in [6.45, 7) is 7.53. The fraction of sp³-hybridized carbons (Fsp3) is 0.323. The minimum Gasteiger partial charge on any atom is -0.490 e. The number of aryl methyl sites for hydroxylation is 1. The molecule has 0 fully saturated rings. The molecular formula is C31H34N2O2. The Morgan fingerprint density at radius 3 is 2.63 bits per heavy atom. The molecule has 3 aromatic rings. The highest BCUT2D eigenvalue weighted by molar-refractivity contribution is 5.83. The van der Waals surface area contributed by atoms with E-state index in [0.717, 1.165) is 35.6 Å². The van der Waals surface area contributed by atoms with Gasteiger partial charge in [-0.25, -0.2) is 0 Å². The minimum absolute atomic E-state index is 0.299. The van der Waals surface area contributed by atoms with Gasteiger partial charge < -0.3 is 14.8 Å². The molecule has 4 nitrogen and oxygen atoms in total. The first kappa shape index (κ1) is 23.2. The maximum absolute atomic E-state index is 5.81. The van der Waals surface area contributed by atoms with Crippen LogP contribution in [0, 0.1) is 12.8 Å². The molecule has 180 valence electrons. The molecule has 0 spiro atoms. The standard InChI is InChI=1S/C31H34N2O2/c1-4-17-35-29-16-10-22(19-30(29)34-5-2)20-32-24-13-11-23(12-14-24)31-26-8-6-7-25(26)27-18-21(3)9-15-28(27)33-31/h6-7,9-16,18-20,25-26,31,33H,4-5,8,17H2,1-3H3/t25-,26+,31-/m0/s1. The predicted molar refractivity (Wildman–Crippen MR) is 145 cm³/mol. The molecule has 0 saturated carbocycles. The highest BCUT2D eigenvalue weighted by atomic mass is 16.5. The Hall–Kier alpha value is -3.53. The van der Waals surface area contributed by atoms with E-state index in [9.17, 15) is 0 Å². The summed E-state index contributed by atoms with van der Waals surface area (Å²) in [5.74, 6) is 2.58. The molecule has 0 radical (unpaired) electrons. The van der Waals surface area contributed by atoms with Crippen molar-refractivity contribution in [2.24, 2.45) is 10.9 Å². The second kappa shape index (κ2) is 10.4. The largest absolute Gasteiger partial charge is 0.490 e. The molecule has 1 heterocycles. The molecule has 2 aliphatic rings. The lowest BCUT2D eigenvalue weighted by Crippen LogP contribution is -2.29. The SMILES string of the molecule is CCCOc1ccc(C=Nc2ccc([C@@H]3Nc4ccc(C)cc4[C@H]4C=CC[C@H]43)cc2)cc1OCC. The molecule has 0 bridgehead atoms. The molecule has 3 aromatic carbocycles. The highest BCUT2D eigenvalue weighted by Gasteiger charge is 2.37. The zero-order valence-electron chi connectivity index (χ0n) is 20.8. The third kappa shape index (κ3) is 4.97. The van der Waals surface area contributed by atoms with Crippen molar-refractivity contribution in [3.05, 3.63) is 95.1 Å². The second-order valence-electron chi connectivity index (χ2n) is 9.40. The first-order valence-electron chi connectivity index (χ1n) is 12.7. The summed E-state index contributed by atoms with van der Waals surface area (Å²) < 4.78 is 11.6. The van der Waals surface area contributed by atoms with Crippen molar-refractivity contribution in [3.63, 3.8) is 0 Å². The average Bonchev–Trinajstić information content (AvgIpc) is 3.38. The third-order valence-corrected chi connectivity index (χ3v) is 6.86. The molecule has 0 amide bonds. The molecule has 35 heavy (non-hydrogen) atoms. The number of anilines is 1. The molecule has 1 N–H and O–H groups in total. The van der Waals surface area contributed by atoms with E-state index < -0.39 is 0 Å². The van der Waals surface area contributed by atoms with E-state index in [1.165, 1.54) is 22.4 Å². The third-order valence-electron chi connectivity index (χ3n) is 6.86. The van der Waals surface area contributed by atoms with Crippen LogP contribution in [0.5, 0.6) is 11.5 Å². The van der Waals surface area contributed by atoms with Crippen molar-refractivity contribution in [2.45, 2.75) is 45.6 Å². The second-order valence-corrected chi connectivity index (χ2v) is 9.40. The van der Waals surface area contributed by atoms with Gasteiger partial charge >= 0.3 is 0 Å². The smallest absolute Gasteiger partial charge is 0.161 e. The van der Waals surface area contributed by atoms with E-state index in [1.807, 2.05) is 31.3 Å². The maximum Gasteiger partial charge on any atom is 0.161 e. The van der Waals surface area contributed by atoms with Gasteiger partial charge in [-0.1, -0.05) is 48.9 Å². The monoisotopic (exact) mass is 466 g/mol. The Kier molecular flexibility index (Phi) is 6.89. The van der Waals surface area contributed by atoms with Gasteiger partial charge in [0.05, 0.1) is 24.9 Å². The summed E-state index contributed by atoms with van der Waals surface area (Å²) in [4.78, 5) is 4.71. The van der Waals surface area contributed by atoms with E-state index in [1.54, 1.807) is 0 Å². The lowest BCUT2D eigenvalue weighted by Gasteiger charge is -2.37. The summed E-state index contributed by atoms with van der Waals surface area (Å²) in [5.41, 5.74) is 7.24. The fourth-order valence-electron chi connectivity index (χ4n) is 5.17. The number of allylic oxidation sites excluding steroid dienone is 2. The number of benzene rings is 3. The van der Waals surface area contributed by atoms with Gasteiger partial charge in [0.1, 0.15) is 0 Å². The molecule has 1 aliphatic heterocycles. The van der Waals surface area contributed by atoms with E-state index in [-0.39, 0.29) is 0 Å². The van der Waals surface area contributed by atoms with Gasteiger partial charge in [-0.2, -0.15) is 0 Å². The van der Waals surface area contributed by atoms with Crippen molar-refractivity contribution in [2.75, 3.05) is 18.5 Å². The van der Waals surface area contributed by atoms with E-state index >= 15 is 0 Å². The zero-order chi connectivity index (χ0) is 24.2. The van der Waals surface area contributed by atoms with Crippen molar-refractivity contribution in [3.8, 4) is 11.5 Å². The van der Waals surface area contributed by atoms with Gasteiger partial charge in [-0.3, -0.25) is 4.99 Å². The Labute approximate surface area is 208 Å². The number of hydrogen-bond acceptors (Lipinski definition) is 4. The van der Waals surface area contributed by atoms with Crippen LogP contribution in [0.1, 0.15) is 60.9 Å². The number of ether oxygens (including phenoxy) is 2. The van der Waals surface area contributed by atoms with Crippen LogP contribution in [0.3, 0.4) is 0 Å². The van der Waals surface area contributed by atoms with Crippen LogP contribution in [0.2, 0.25) is 0 Å². The van der Waals surface area contributed by atoms with Gasteiger partial charge in [0, 0.05) is 17.8 Å². The number of nitrogens with one attached hydrogen (secondary N) is 1. The fourth-order valence-corrected chi connectivity index (χ4v) is 5.17. The number of rotatable bonds is 8. The Bertz CT molecular complexity index is 1230. The Morgan fingerprint density at radius 1 is 0.971 bits per heavy atom. The van der Waals surface area contributed by atoms with Crippen LogP contribution in [-0.2, 0) is 0 Å². The van der Waals surface area contributed by atoms with Crippen molar-refractivity contribution >= 4 is 17.6 Å². The summed E-state index contributed by atoms with van der Waals surface area (Å²) in [5, 5.41) is 3.82. The van der Waals surface area contributed by atoms with Crippen LogP contribution in [0.25, 0.3) is 0 Å². The van der Waals surface area contributed by atoms with Crippen LogP contribution < -0.4 is 14.8 Å². The molecule has 4 heteroatoms. The Morgan fingerprint density at radius 2 is 1.83 bits per heavy atom. The first-order valence-corrected chi connectivity index (χ1v) is 12.7. The molecule has 0 unspecified atom stereocenters. The van der Waals surface area contributed by atoms with Crippen molar-refractivity contribution in [1.29, 1.82) is 0 Å². The molecule has 3 atom stereocenters.